The number of aryl methyl sites for hydroxylation is 1. The highest BCUT2D eigenvalue weighted by atomic mass is 35.5. The fourth-order valence-corrected chi connectivity index (χ4v) is 4.53. The summed E-state index contributed by atoms with van der Waals surface area (Å²) in [4.78, 5) is -0.131. The summed E-state index contributed by atoms with van der Waals surface area (Å²) in [7, 11) is -3.81. The summed E-state index contributed by atoms with van der Waals surface area (Å²) in [5, 5.41) is 13.2. The second kappa shape index (κ2) is 6.64. The van der Waals surface area contributed by atoms with E-state index in [-0.39, 0.29) is 33.7 Å². The Morgan fingerprint density at radius 1 is 1.24 bits per heavy atom. The third kappa shape index (κ3) is 3.77. The number of hydrogen-bond donors (Lipinski definition) is 2. The molecule has 2 N–H and O–H groups in total. The van der Waals surface area contributed by atoms with E-state index < -0.39 is 10.0 Å². The van der Waals surface area contributed by atoms with Gasteiger partial charge in [0.05, 0.1) is 11.6 Å². The summed E-state index contributed by atoms with van der Waals surface area (Å²) < 4.78 is 27.2. The van der Waals surface area contributed by atoms with Crippen molar-refractivity contribution in [1.29, 1.82) is 0 Å². The Bertz CT molecular complexity index is 757. The smallest absolute Gasteiger partial charge is 0.242 e. The Labute approximate surface area is 137 Å². The second-order valence-electron chi connectivity index (χ2n) is 4.44. The minimum Gasteiger partial charge on any atom is -0.392 e. The number of aliphatic hydroxyl groups is 1. The number of aliphatic hydroxyl groups excluding tert-OH is 1. The molecule has 0 saturated carbocycles. The molecule has 0 spiro atoms. The molecule has 0 bridgehead atoms. The first-order valence-corrected chi connectivity index (χ1v) is 9.13. The highest BCUT2D eigenvalue weighted by molar-refractivity contribution is 7.89. The van der Waals surface area contributed by atoms with Gasteiger partial charge in [-0.05, 0) is 46.5 Å². The molecule has 1 aromatic heterocycles. The fourth-order valence-electron chi connectivity index (χ4n) is 1.75. The number of nitrogens with one attached hydrogen (secondary N) is 1. The number of halogens is 2. The zero-order valence-electron chi connectivity index (χ0n) is 11.1. The maximum atomic E-state index is 12.3. The van der Waals surface area contributed by atoms with Gasteiger partial charge < -0.3 is 5.11 Å². The minimum atomic E-state index is -3.81. The lowest BCUT2D eigenvalue weighted by atomic mass is 10.2. The molecule has 0 aliphatic carbocycles. The van der Waals surface area contributed by atoms with Gasteiger partial charge in [0.15, 0.2) is 0 Å². The van der Waals surface area contributed by atoms with E-state index in [4.69, 9.17) is 23.2 Å². The van der Waals surface area contributed by atoms with E-state index in [1.165, 1.54) is 23.5 Å². The molecular formula is C13H13Cl2NO3S2. The number of benzene rings is 1. The molecule has 1 heterocycles. The van der Waals surface area contributed by atoms with Gasteiger partial charge in [0.1, 0.15) is 4.90 Å². The summed E-state index contributed by atoms with van der Waals surface area (Å²) in [6.45, 7) is 1.71. The van der Waals surface area contributed by atoms with Crippen LogP contribution in [0.3, 0.4) is 0 Å². The topological polar surface area (TPSA) is 66.4 Å². The van der Waals surface area contributed by atoms with Gasteiger partial charge in [-0.2, -0.15) is 11.3 Å². The molecule has 4 nitrogen and oxygen atoms in total. The molecule has 8 heteroatoms. The highest BCUT2D eigenvalue weighted by Gasteiger charge is 2.21. The van der Waals surface area contributed by atoms with Crippen molar-refractivity contribution in [3.63, 3.8) is 0 Å². The summed E-state index contributed by atoms with van der Waals surface area (Å²) in [6.07, 6.45) is 0. The van der Waals surface area contributed by atoms with Crippen LogP contribution in [0, 0.1) is 6.92 Å². The second-order valence-corrected chi connectivity index (χ2v) is 7.73. The number of thiophene rings is 1. The molecule has 0 atom stereocenters. The number of sulfonamides is 1. The maximum Gasteiger partial charge on any atom is 0.242 e. The first kappa shape index (κ1) is 16.7. The fraction of sp³-hybridized carbons (Fsp3) is 0.231. The molecule has 2 aromatic rings. The average Bonchev–Trinajstić information content (AvgIpc) is 2.84. The normalized spacial score (nSPS) is 11.8. The summed E-state index contributed by atoms with van der Waals surface area (Å²) >= 11 is 13.4. The van der Waals surface area contributed by atoms with Gasteiger partial charge in [-0.15, -0.1) is 0 Å². The molecule has 2 rings (SSSR count). The van der Waals surface area contributed by atoms with Crippen LogP contribution in [0.25, 0.3) is 0 Å². The van der Waals surface area contributed by atoms with Crippen molar-refractivity contribution in [3.05, 3.63) is 49.6 Å². The van der Waals surface area contributed by atoms with Crippen LogP contribution in [-0.4, -0.2) is 13.5 Å². The van der Waals surface area contributed by atoms with Gasteiger partial charge in [-0.3, -0.25) is 0 Å². The third-order valence-electron chi connectivity index (χ3n) is 2.95. The zero-order valence-corrected chi connectivity index (χ0v) is 14.2. The molecular weight excluding hydrogens is 353 g/mol. The van der Waals surface area contributed by atoms with E-state index in [1.54, 1.807) is 0 Å². The van der Waals surface area contributed by atoms with Crippen molar-refractivity contribution in [3.8, 4) is 0 Å². The van der Waals surface area contributed by atoms with E-state index in [2.05, 4.69) is 4.72 Å². The molecule has 0 aliphatic rings. The Morgan fingerprint density at radius 2 is 1.95 bits per heavy atom. The van der Waals surface area contributed by atoms with Crippen LogP contribution in [-0.2, 0) is 23.2 Å². The Morgan fingerprint density at radius 3 is 2.52 bits per heavy atom. The van der Waals surface area contributed by atoms with E-state index in [0.29, 0.717) is 0 Å². The summed E-state index contributed by atoms with van der Waals surface area (Å²) in [5.74, 6) is 0. The molecule has 0 aliphatic heterocycles. The lowest BCUT2D eigenvalue weighted by Crippen LogP contribution is -2.24. The van der Waals surface area contributed by atoms with Crippen molar-refractivity contribution >= 4 is 44.6 Å². The van der Waals surface area contributed by atoms with Gasteiger partial charge in [0.25, 0.3) is 0 Å². The molecule has 114 valence electrons. The highest BCUT2D eigenvalue weighted by Crippen LogP contribution is 2.29. The number of rotatable bonds is 5. The van der Waals surface area contributed by atoms with Crippen molar-refractivity contribution in [2.24, 2.45) is 0 Å². The van der Waals surface area contributed by atoms with Crippen LogP contribution in [0.4, 0.5) is 0 Å². The van der Waals surface area contributed by atoms with Crippen LogP contribution in [0.2, 0.25) is 10.0 Å². The van der Waals surface area contributed by atoms with E-state index >= 15 is 0 Å². The van der Waals surface area contributed by atoms with Crippen molar-refractivity contribution in [2.45, 2.75) is 25.0 Å². The van der Waals surface area contributed by atoms with Gasteiger partial charge in [0.2, 0.25) is 10.0 Å². The van der Waals surface area contributed by atoms with E-state index in [9.17, 15) is 13.5 Å². The van der Waals surface area contributed by atoms with Crippen LogP contribution < -0.4 is 4.72 Å². The van der Waals surface area contributed by atoms with Crippen LogP contribution in [0.15, 0.2) is 27.8 Å². The zero-order chi connectivity index (χ0) is 15.6. The summed E-state index contributed by atoms with van der Waals surface area (Å²) in [6, 6.07) is 2.71. The predicted molar refractivity (Wildman–Crippen MR) is 85.5 cm³/mol. The molecule has 1 aromatic carbocycles. The van der Waals surface area contributed by atoms with Gasteiger partial charge >= 0.3 is 0 Å². The minimum absolute atomic E-state index is 0.0172. The van der Waals surface area contributed by atoms with Crippen molar-refractivity contribution in [2.75, 3.05) is 0 Å². The lowest BCUT2D eigenvalue weighted by Gasteiger charge is -2.11. The average molecular weight is 366 g/mol. The van der Waals surface area contributed by atoms with Crippen LogP contribution in [0.1, 0.15) is 16.7 Å². The first-order chi connectivity index (χ1) is 9.85. The van der Waals surface area contributed by atoms with Gasteiger partial charge in [-0.1, -0.05) is 23.2 Å². The van der Waals surface area contributed by atoms with Crippen molar-refractivity contribution < 1.29 is 13.5 Å². The van der Waals surface area contributed by atoms with Gasteiger partial charge in [-0.25, -0.2) is 13.1 Å². The molecule has 0 fully saturated rings. The largest absolute Gasteiger partial charge is 0.392 e. The summed E-state index contributed by atoms with van der Waals surface area (Å²) in [5.41, 5.74) is 2.20. The van der Waals surface area contributed by atoms with E-state index in [0.717, 1.165) is 11.1 Å². The quantitative estimate of drug-likeness (QED) is 0.853. The van der Waals surface area contributed by atoms with Crippen LogP contribution >= 0.6 is 34.5 Å². The molecule has 0 amide bonds. The molecule has 21 heavy (non-hydrogen) atoms. The molecule has 0 unspecified atom stereocenters. The van der Waals surface area contributed by atoms with Crippen LogP contribution in [0.5, 0.6) is 0 Å². The Hall–Kier alpha value is -0.630. The first-order valence-electron chi connectivity index (χ1n) is 5.95. The monoisotopic (exact) mass is 365 g/mol. The number of hydrogen-bond acceptors (Lipinski definition) is 4. The standard InChI is InChI=1S/C13H13Cl2NO3S2/c1-8-6-20-7-10(8)4-16-21(18,19)12-3-11(14)2-9(5-17)13(12)15/h2-3,6-7,16-17H,4-5H2,1H3. The maximum absolute atomic E-state index is 12.3. The SMILES string of the molecule is Cc1cscc1CNS(=O)(=O)c1cc(Cl)cc(CO)c1Cl. The lowest BCUT2D eigenvalue weighted by molar-refractivity contribution is 0.281. The van der Waals surface area contributed by atoms with E-state index in [1.807, 2.05) is 17.7 Å². The molecule has 0 saturated heterocycles. The Balaban J connectivity index is 2.32. The molecule has 0 radical (unpaired) electrons. The van der Waals surface area contributed by atoms with Crippen molar-refractivity contribution in [1.82, 2.24) is 4.72 Å². The van der Waals surface area contributed by atoms with Gasteiger partial charge in [0, 0.05) is 11.6 Å². The Kier molecular flexibility index (Phi) is 5.29. The predicted octanol–water partition coefficient (Wildman–Crippen LogP) is 3.33. The third-order valence-corrected chi connectivity index (χ3v) is 6.07.